The molecule has 0 atom stereocenters. The Kier molecular flexibility index (Phi) is 4.77. The van der Waals surface area contributed by atoms with E-state index in [-0.39, 0.29) is 11.7 Å². The molecule has 0 aliphatic carbocycles. The van der Waals surface area contributed by atoms with Gasteiger partial charge in [-0.3, -0.25) is 10.2 Å². The average Bonchev–Trinajstić information content (AvgIpc) is 2.39. The van der Waals surface area contributed by atoms with Crippen molar-refractivity contribution in [2.45, 2.75) is 25.0 Å². The number of hydrogen-bond donors (Lipinski definition) is 1. The summed E-state index contributed by atoms with van der Waals surface area (Å²) < 4.78 is 22.4. The molecule has 1 aliphatic rings. The highest BCUT2D eigenvalue weighted by Gasteiger charge is 2.14. The van der Waals surface area contributed by atoms with E-state index in [1.54, 1.807) is 24.3 Å². The number of hydrogen-bond acceptors (Lipinski definition) is 4. The maximum atomic E-state index is 12.0. The maximum Gasteiger partial charge on any atom is 0.265 e. The molecule has 1 heterocycles. The van der Waals surface area contributed by atoms with Gasteiger partial charge in [0.05, 0.1) is 5.75 Å². The third kappa shape index (κ3) is 4.61. The smallest absolute Gasteiger partial charge is 0.265 e. The fraction of sp³-hybridized carbons (Fsp3) is 0.500. The monoisotopic (exact) mass is 296 g/mol. The van der Waals surface area contributed by atoms with Crippen molar-refractivity contribution in [3.05, 3.63) is 35.4 Å². The maximum absolute atomic E-state index is 12.0. The molecule has 6 heteroatoms. The number of sulfone groups is 1. The van der Waals surface area contributed by atoms with Gasteiger partial charge in [0.2, 0.25) is 0 Å². The van der Waals surface area contributed by atoms with Gasteiger partial charge in [-0.15, -0.1) is 0 Å². The summed E-state index contributed by atoms with van der Waals surface area (Å²) in [6, 6.07) is 6.71. The van der Waals surface area contributed by atoms with Gasteiger partial charge in [-0.25, -0.2) is 13.4 Å². The van der Waals surface area contributed by atoms with Crippen LogP contribution < -0.4 is 5.43 Å². The second-order valence-electron chi connectivity index (χ2n) is 5.26. The fourth-order valence-corrected chi connectivity index (χ4v) is 3.07. The number of hydrazine groups is 1. The summed E-state index contributed by atoms with van der Waals surface area (Å²) in [6.45, 7) is 1.77. The van der Waals surface area contributed by atoms with Crippen LogP contribution in [0.4, 0.5) is 0 Å². The molecule has 1 aliphatic heterocycles. The molecule has 2 rings (SSSR count). The van der Waals surface area contributed by atoms with Gasteiger partial charge >= 0.3 is 0 Å². The summed E-state index contributed by atoms with van der Waals surface area (Å²) in [5.41, 5.74) is 4.12. The van der Waals surface area contributed by atoms with Gasteiger partial charge in [0.1, 0.15) is 0 Å². The van der Waals surface area contributed by atoms with E-state index >= 15 is 0 Å². The number of benzene rings is 1. The van der Waals surface area contributed by atoms with E-state index in [9.17, 15) is 13.2 Å². The van der Waals surface area contributed by atoms with Crippen LogP contribution in [0.15, 0.2) is 24.3 Å². The molecular formula is C14H20N2O3S. The predicted octanol–water partition coefficient (Wildman–Crippen LogP) is 1.36. The van der Waals surface area contributed by atoms with E-state index < -0.39 is 9.84 Å². The Morgan fingerprint density at radius 2 is 1.75 bits per heavy atom. The Bertz CT molecular complexity index is 561. The number of nitrogens with one attached hydrogen (secondary N) is 1. The van der Waals surface area contributed by atoms with Gasteiger partial charge in [0.25, 0.3) is 5.91 Å². The zero-order valence-corrected chi connectivity index (χ0v) is 12.4. The van der Waals surface area contributed by atoms with Gasteiger partial charge in [-0.2, -0.15) is 0 Å². The number of nitrogens with zero attached hydrogens (tertiary/aromatic N) is 1. The van der Waals surface area contributed by atoms with Gasteiger partial charge in [0, 0.05) is 24.9 Å². The third-order valence-corrected chi connectivity index (χ3v) is 4.12. The molecule has 1 fully saturated rings. The fourth-order valence-electron chi connectivity index (χ4n) is 2.27. The molecule has 1 N–H and O–H groups in total. The summed E-state index contributed by atoms with van der Waals surface area (Å²) >= 11 is 0. The summed E-state index contributed by atoms with van der Waals surface area (Å²) in [4.78, 5) is 12.0. The van der Waals surface area contributed by atoms with Crippen molar-refractivity contribution < 1.29 is 13.2 Å². The van der Waals surface area contributed by atoms with Gasteiger partial charge < -0.3 is 0 Å². The molecule has 1 aromatic rings. The molecule has 0 aromatic heterocycles. The highest BCUT2D eigenvalue weighted by molar-refractivity contribution is 7.89. The number of amides is 1. The minimum atomic E-state index is -3.04. The van der Waals surface area contributed by atoms with Gasteiger partial charge in [-0.1, -0.05) is 18.6 Å². The summed E-state index contributed by atoms with van der Waals surface area (Å²) in [5.74, 6) is -0.140. The van der Waals surface area contributed by atoms with Crippen LogP contribution in [0.2, 0.25) is 0 Å². The normalized spacial score (nSPS) is 16.9. The Balaban J connectivity index is 1.96. The van der Waals surface area contributed by atoms with Crippen molar-refractivity contribution in [1.82, 2.24) is 10.4 Å². The average molecular weight is 296 g/mol. The Morgan fingerprint density at radius 3 is 2.30 bits per heavy atom. The summed E-state index contributed by atoms with van der Waals surface area (Å²) in [7, 11) is -3.04. The van der Waals surface area contributed by atoms with Gasteiger partial charge in [0.15, 0.2) is 9.84 Å². The van der Waals surface area contributed by atoms with Crippen molar-refractivity contribution in [3.8, 4) is 0 Å². The van der Waals surface area contributed by atoms with Crippen molar-refractivity contribution in [2.75, 3.05) is 19.3 Å². The molecular weight excluding hydrogens is 276 g/mol. The zero-order chi connectivity index (χ0) is 14.6. The Morgan fingerprint density at radius 1 is 1.15 bits per heavy atom. The minimum Gasteiger partial charge on any atom is -0.285 e. The lowest BCUT2D eigenvalue weighted by Crippen LogP contribution is -2.45. The van der Waals surface area contributed by atoms with E-state index in [0.29, 0.717) is 11.1 Å². The van der Waals surface area contributed by atoms with E-state index in [0.717, 1.165) is 25.9 Å². The van der Waals surface area contributed by atoms with Gasteiger partial charge in [-0.05, 0) is 30.5 Å². The lowest BCUT2D eigenvalue weighted by molar-refractivity contribution is 0.0750. The number of carbonyl (C=O) groups is 1. The van der Waals surface area contributed by atoms with Crippen LogP contribution in [-0.4, -0.2) is 38.7 Å². The van der Waals surface area contributed by atoms with Crippen LogP contribution in [0.1, 0.15) is 35.2 Å². The van der Waals surface area contributed by atoms with Crippen molar-refractivity contribution in [3.63, 3.8) is 0 Å². The molecule has 20 heavy (non-hydrogen) atoms. The molecule has 0 spiro atoms. The molecule has 5 nitrogen and oxygen atoms in total. The highest BCUT2D eigenvalue weighted by atomic mass is 32.2. The standard InChI is InChI=1S/C14H20N2O3S/c1-20(18,19)11-12-5-7-13(8-6-12)14(17)15-16-9-3-2-4-10-16/h5-8H,2-4,9-11H2,1H3,(H,15,17). The van der Waals surface area contributed by atoms with E-state index in [4.69, 9.17) is 0 Å². The zero-order valence-electron chi connectivity index (χ0n) is 11.6. The first kappa shape index (κ1) is 15.0. The number of rotatable bonds is 4. The van der Waals surface area contributed by atoms with Crippen molar-refractivity contribution in [1.29, 1.82) is 0 Å². The summed E-state index contributed by atoms with van der Waals surface area (Å²) in [6.07, 6.45) is 4.62. The van der Waals surface area contributed by atoms with Crippen LogP contribution in [0.3, 0.4) is 0 Å². The molecule has 0 bridgehead atoms. The first-order valence-electron chi connectivity index (χ1n) is 6.77. The van der Waals surface area contributed by atoms with E-state index in [1.807, 2.05) is 5.01 Å². The second kappa shape index (κ2) is 6.37. The van der Waals surface area contributed by atoms with Crippen LogP contribution in [0.5, 0.6) is 0 Å². The molecule has 0 unspecified atom stereocenters. The predicted molar refractivity (Wildman–Crippen MR) is 77.9 cm³/mol. The largest absolute Gasteiger partial charge is 0.285 e. The van der Waals surface area contributed by atoms with Crippen LogP contribution in [0, 0.1) is 0 Å². The van der Waals surface area contributed by atoms with E-state index in [1.165, 1.54) is 12.7 Å². The van der Waals surface area contributed by atoms with E-state index in [2.05, 4.69) is 5.43 Å². The van der Waals surface area contributed by atoms with Crippen LogP contribution >= 0.6 is 0 Å². The number of piperidine rings is 1. The first-order valence-corrected chi connectivity index (χ1v) is 8.83. The minimum absolute atomic E-state index is 0.00102. The third-order valence-electron chi connectivity index (χ3n) is 3.26. The van der Waals surface area contributed by atoms with Crippen LogP contribution in [0.25, 0.3) is 0 Å². The molecule has 0 saturated carbocycles. The highest BCUT2D eigenvalue weighted by Crippen LogP contribution is 2.10. The molecule has 0 radical (unpaired) electrons. The second-order valence-corrected chi connectivity index (χ2v) is 7.40. The van der Waals surface area contributed by atoms with Crippen molar-refractivity contribution >= 4 is 15.7 Å². The first-order chi connectivity index (χ1) is 9.44. The summed E-state index contributed by atoms with van der Waals surface area (Å²) in [5, 5.41) is 1.94. The number of carbonyl (C=O) groups excluding carboxylic acids is 1. The van der Waals surface area contributed by atoms with Crippen molar-refractivity contribution in [2.24, 2.45) is 0 Å². The lowest BCUT2D eigenvalue weighted by atomic mass is 10.1. The Labute approximate surface area is 119 Å². The Hall–Kier alpha value is -1.40. The molecule has 1 aromatic carbocycles. The molecule has 110 valence electrons. The van der Waals surface area contributed by atoms with Crippen LogP contribution in [-0.2, 0) is 15.6 Å². The molecule has 1 saturated heterocycles. The topological polar surface area (TPSA) is 66.5 Å². The lowest BCUT2D eigenvalue weighted by Gasteiger charge is -2.26. The SMILES string of the molecule is CS(=O)(=O)Cc1ccc(C(=O)NN2CCCCC2)cc1. The molecule has 1 amide bonds. The quantitative estimate of drug-likeness (QED) is 0.911.